The van der Waals surface area contributed by atoms with E-state index in [0.717, 1.165) is 11.5 Å². The lowest BCUT2D eigenvalue weighted by Crippen LogP contribution is -2.23. The Hall–Kier alpha value is -1.71. The maximum Gasteiger partial charge on any atom is 0.248 e. The molecule has 66 valence electrons. The van der Waals surface area contributed by atoms with Crippen LogP contribution in [-0.2, 0) is 7.05 Å². The van der Waals surface area contributed by atoms with Crippen LogP contribution in [0.1, 0.15) is 5.82 Å². The quantitative estimate of drug-likeness (QED) is 0.588. The third-order valence-electron chi connectivity index (χ3n) is 1.83. The van der Waals surface area contributed by atoms with Crippen molar-refractivity contribution in [3.8, 4) is 5.69 Å². The second-order valence-electron chi connectivity index (χ2n) is 2.97. The number of aromatic nitrogens is 4. The van der Waals surface area contributed by atoms with E-state index in [9.17, 15) is 0 Å². The van der Waals surface area contributed by atoms with E-state index in [1.165, 1.54) is 0 Å². The van der Waals surface area contributed by atoms with Crippen LogP contribution in [0.15, 0.2) is 31.1 Å². The molecular formula is C9H11N4+. The molecule has 13 heavy (non-hydrogen) atoms. The van der Waals surface area contributed by atoms with Gasteiger partial charge in [0.2, 0.25) is 6.33 Å². The van der Waals surface area contributed by atoms with Crippen LogP contribution in [0, 0.1) is 6.92 Å². The summed E-state index contributed by atoms with van der Waals surface area (Å²) in [4.78, 5) is 8.25. The van der Waals surface area contributed by atoms with E-state index in [0.29, 0.717) is 0 Å². The number of hydrogen-bond donors (Lipinski definition) is 0. The molecule has 2 aromatic rings. The summed E-state index contributed by atoms with van der Waals surface area (Å²) in [7, 11) is 1.98. The van der Waals surface area contributed by atoms with E-state index in [1.807, 2.05) is 54.2 Å². The molecular weight excluding hydrogens is 164 g/mol. The normalized spacial score (nSPS) is 10.3. The molecule has 2 heterocycles. The third-order valence-corrected chi connectivity index (χ3v) is 1.83. The first-order valence-electron chi connectivity index (χ1n) is 4.08. The van der Waals surface area contributed by atoms with Gasteiger partial charge in [-0.25, -0.2) is 14.5 Å². The van der Waals surface area contributed by atoms with Crippen LogP contribution in [0.5, 0.6) is 0 Å². The Bertz CT molecular complexity index is 402. The number of rotatable bonds is 1. The van der Waals surface area contributed by atoms with Gasteiger partial charge in [0.05, 0.1) is 19.4 Å². The molecule has 0 aromatic carbocycles. The fourth-order valence-corrected chi connectivity index (χ4v) is 1.12. The van der Waals surface area contributed by atoms with Crippen molar-refractivity contribution >= 4 is 0 Å². The topological polar surface area (TPSA) is 34.6 Å². The van der Waals surface area contributed by atoms with Gasteiger partial charge in [0.25, 0.3) is 0 Å². The van der Waals surface area contributed by atoms with Gasteiger partial charge >= 0.3 is 0 Å². The molecule has 0 radical (unpaired) electrons. The highest BCUT2D eigenvalue weighted by molar-refractivity contribution is 5.23. The van der Waals surface area contributed by atoms with E-state index in [1.54, 1.807) is 0 Å². The Kier molecular flexibility index (Phi) is 1.81. The van der Waals surface area contributed by atoms with E-state index >= 15 is 0 Å². The molecule has 4 nitrogen and oxygen atoms in total. The number of nitrogens with zero attached hydrogens (tertiary/aromatic N) is 4. The lowest BCUT2D eigenvalue weighted by Gasteiger charge is -1.93. The van der Waals surface area contributed by atoms with Gasteiger partial charge in [0, 0.05) is 0 Å². The summed E-state index contributed by atoms with van der Waals surface area (Å²) >= 11 is 0. The smallest absolute Gasteiger partial charge is 0.239 e. The maximum atomic E-state index is 4.12. The van der Waals surface area contributed by atoms with Crippen molar-refractivity contribution < 1.29 is 4.57 Å². The number of aryl methyl sites for hydroxylation is 2. The molecule has 0 N–H and O–H groups in total. The molecule has 4 heteroatoms. The Balaban J connectivity index is 2.41. The molecule has 2 rings (SSSR count). The molecule has 0 aliphatic heterocycles. The SMILES string of the molecule is Cc1ncc(-n2cc[n+](C)c2)cn1. The van der Waals surface area contributed by atoms with Crippen molar-refractivity contribution in [2.75, 3.05) is 0 Å². The summed E-state index contributed by atoms with van der Waals surface area (Å²) in [6, 6.07) is 0. The van der Waals surface area contributed by atoms with Crippen LogP contribution in [0.4, 0.5) is 0 Å². The van der Waals surface area contributed by atoms with Gasteiger partial charge in [-0.05, 0) is 6.92 Å². The minimum atomic E-state index is 0.792. The molecule has 2 aromatic heterocycles. The predicted octanol–water partition coefficient (Wildman–Crippen LogP) is 0.400. The van der Waals surface area contributed by atoms with Gasteiger partial charge in [-0.3, -0.25) is 0 Å². The zero-order chi connectivity index (χ0) is 9.26. The first-order chi connectivity index (χ1) is 6.25. The van der Waals surface area contributed by atoms with Crippen LogP contribution < -0.4 is 4.57 Å². The summed E-state index contributed by atoms with van der Waals surface area (Å²) in [5.74, 6) is 0.792. The summed E-state index contributed by atoms with van der Waals surface area (Å²) < 4.78 is 3.94. The Morgan fingerprint density at radius 1 is 1.31 bits per heavy atom. The van der Waals surface area contributed by atoms with Gasteiger partial charge in [-0.15, -0.1) is 0 Å². The molecule has 0 fully saturated rings. The van der Waals surface area contributed by atoms with Gasteiger partial charge in [-0.1, -0.05) is 0 Å². The Labute approximate surface area is 76.5 Å². The Morgan fingerprint density at radius 3 is 2.54 bits per heavy atom. The minimum Gasteiger partial charge on any atom is -0.239 e. The Morgan fingerprint density at radius 2 is 2.00 bits per heavy atom. The van der Waals surface area contributed by atoms with Crippen molar-refractivity contribution in [1.82, 2.24) is 14.5 Å². The number of imidazole rings is 1. The highest BCUT2D eigenvalue weighted by Crippen LogP contribution is 2.01. The first kappa shape index (κ1) is 7.91. The van der Waals surface area contributed by atoms with E-state index in [4.69, 9.17) is 0 Å². The molecule has 0 unspecified atom stereocenters. The highest BCUT2D eigenvalue weighted by Gasteiger charge is 2.03. The molecule has 0 bridgehead atoms. The second kappa shape index (κ2) is 2.97. The number of hydrogen-bond acceptors (Lipinski definition) is 2. The lowest BCUT2D eigenvalue weighted by molar-refractivity contribution is -0.670. The zero-order valence-corrected chi connectivity index (χ0v) is 7.68. The van der Waals surface area contributed by atoms with Gasteiger partial charge in [0.1, 0.15) is 18.2 Å². The van der Waals surface area contributed by atoms with Crippen LogP contribution in [0.2, 0.25) is 0 Å². The highest BCUT2D eigenvalue weighted by atomic mass is 15.1. The fourth-order valence-electron chi connectivity index (χ4n) is 1.12. The standard InChI is InChI=1S/C9H11N4/c1-8-10-5-9(6-11-8)13-4-3-12(2)7-13/h3-7H,1-2H3/q+1. The van der Waals surface area contributed by atoms with Gasteiger partial charge < -0.3 is 0 Å². The summed E-state index contributed by atoms with van der Waals surface area (Å²) in [6.45, 7) is 1.87. The van der Waals surface area contributed by atoms with E-state index < -0.39 is 0 Å². The first-order valence-corrected chi connectivity index (χ1v) is 4.08. The van der Waals surface area contributed by atoms with E-state index in [-0.39, 0.29) is 0 Å². The van der Waals surface area contributed by atoms with Crippen molar-refractivity contribution in [1.29, 1.82) is 0 Å². The van der Waals surface area contributed by atoms with Crippen molar-refractivity contribution in [2.45, 2.75) is 6.92 Å². The molecule has 0 spiro atoms. The minimum absolute atomic E-state index is 0.792. The zero-order valence-electron chi connectivity index (χ0n) is 7.68. The van der Waals surface area contributed by atoms with Crippen LogP contribution in [0.3, 0.4) is 0 Å². The molecule has 0 saturated heterocycles. The van der Waals surface area contributed by atoms with Gasteiger partial charge in [0.15, 0.2) is 5.69 Å². The average molecular weight is 175 g/mol. The van der Waals surface area contributed by atoms with Crippen molar-refractivity contribution in [2.24, 2.45) is 7.05 Å². The van der Waals surface area contributed by atoms with E-state index in [2.05, 4.69) is 9.97 Å². The average Bonchev–Trinajstić information content (AvgIpc) is 2.53. The van der Waals surface area contributed by atoms with Crippen molar-refractivity contribution in [3.63, 3.8) is 0 Å². The monoisotopic (exact) mass is 175 g/mol. The van der Waals surface area contributed by atoms with Crippen LogP contribution >= 0.6 is 0 Å². The lowest BCUT2D eigenvalue weighted by atomic mass is 10.5. The largest absolute Gasteiger partial charge is 0.248 e. The van der Waals surface area contributed by atoms with Crippen LogP contribution in [0.25, 0.3) is 5.69 Å². The third kappa shape index (κ3) is 1.56. The summed E-state index contributed by atoms with van der Waals surface area (Å²) in [6.07, 6.45) is 9.52. The molecule has 0 amide bonds. The predicted molar refractivity (Wildman–Crippen MR) is 47.3 cm³/mol. The van der Waals surface area contributed by atoms with Crippen molar-refractivity contribution in [3.05, 3.63) is 36.9 Å². The molecule has 0 aliphatic rings. The second-order valence-corrected chi connectivity index (χ2v) is 2.97. The summed E-state index contributed by atoms with van der Waals surface area (Å²) in [5, 5.41) is 0. The van der Waals surface area contributed by atoms with Crippen LogP contribution in [-0.4, -0.2) is 14.5 Å². The molecule has 0 atom stereocenters. The van der Waals surface area contributed by atoms with Gasteiger partial charge in [-0.2, -0.15) is 4.57 Å². The fraction of sp³-hybridized carbons (Fsp3) is 0.222. The molecule has 0 saturated carbocycles. The molecule has 0 aliphatic carbocycles. The maximum absolute atomic E-state index is 4.12. The summed E-state index contributed by atoms with van der Waals surface area (Å²) in [5.41, 5.74) is 0.978.